The van der Waals surface area contributed by atoms with Crippen LogP contribution in [0.2, 0.25) is 0 Å². The summed E-state index contributed by atoms with van der Waals surface area (Å²) in [4.78, 5) is 16.9. The van der Waals surface area contributed by atoms with E-state index in [-0.39, 0.29) is 11.7 Å². The third-order valence-electron chi connectivity index (χ3n) is 6.07. The fourth-order valence-electron chi connectivity index (χ4n) is 4.10. The van der Waals surface area contributed by atoms with E-state index in [0.717, 1.165) is 62.5 Å². The number of aryl methyl sites for hydroxylation is 2. The SMILES string of the molecule is Cc1noc(C)c1CCC(=O)N(C)CC1CCN(CCc2ccc(F)cc2)CC1. The molecule has 1 fully saturated rings. The Morgan fingerprint density at radius 2 is 1.90 bits per heavy atom. The standard InChI is InChI=1S/C23H32FN3O2/c1-17-22(18(2)29-25-17)8-9-23(28)26(3)16-20-11-14-27(15-12-20)13-10-19-4-6-21(24)7-5-19/h4-7,20H,8-16H2,1-3H3. The van der Waals surface area contributed by atoms with Crippen molar-refractivity contribution in [3.63, 3.8) is 0 Å². The number of piperidine rings is 1. The Morgan fingerprint density at radius 1 is 1.21 bits per heavy atom. The highest BCUT2D eigenvalue weighted by Crippen LogP contribution is 2.20. The number of aromatic nitrogens is 1. The van der Waals surface area contributed by atoms with Gasteiger partial charge in [0.15, 0.2) is 0 Å². The molecule has 1 saturated heterocycles. The summed E-state index contributed by atoms with van der Waals surface area (Å²) < 4.78 is 18.2. The van der Waals surface area contributed by atoms with Crippen molar-refractivity contribution < 1.29 is 13.7 Å². The molecule has 2 heterocycles. The van der Waals surface area contributed by atoms with Crippen molar-refractivity contribution in [2.75, 3.05) is 33.2 Å². The van der Waals surface area contributed by atoms with Crippen LogP contribution < -0.4 is 0 Å². The number of halogens is 1. The minimum Gasteiger partial charge on any atom is -0.361 e. The van der Waals surface area contributed by atoms with Crippen LogP contribution >= 0.6 is 0 Å². The van der Waals surface area contributed by atoms with Crippen molar-refractivity contribution in [2.24, 2.45) is 5.92 Å². The minimum absolute atomic E-state index is 0.181. The Morgan fingerprint density at radius 3 is 2.52 bits per heavy atom. The van der Waals surface area contributed by atoms with Crippen LogP contribution in [0.3, 0.4) is 0 Å². The number of hydrogen-bond donors (Lipinski definition) is 0. The van der Waals surface area contributed by atoms with Crippen molar-refractivity contribution in [3.8, 4) is 0 Å². The summed E-state index contributed by atoms with van der Waals surface area (Å²) in [6.07, 6.45) is 4.36. The number of benzene rings is 1. The second kappa shape index (κ2) is 10.0. The van der Waals surface area contributed by atoms with Crippen LogP contribution in [0.1, 0.15) is 41.8 Å². The van der Waals surface area contributed by atoms with E-state index in [1.807, 2.05) is 37.9 Å². The predicted octanol–water partition coefficient (Wildman–Crippen LogP) is 3.78. The van der Waals surface area contributed by atoms with E-state index in [4.69, 9.17) is 4.52 Å². The lowest BCUT2D eigenvalue weighted by atomic mass is 9.95. The van der Waals surface area contributed by atoms with Gasteiger partial charge in [0.1, 0.15) is 11.6 Å². The molecular weight excluding hydrogens is 369 g/mol. The number of rotatable bonds is 8. The molecular formula is C23H32FN3O2. The molecule has 0 radical (unpaired) electrons. The average Bonchev–Trinajstić information content (AvgIpc) is 3.04. The number of carbonyl (C=O) groups is 1. The Kier molecular flexibility index (Phi) is 7.42. The lowest BCUT2D eigenvalue weighted by Crippen LogP contribution is -2.40. The fourth-order valence-corrected chi connectivity index (χ4v) is 4.10. The second-order valence-corrected chi connectivity index (χ2v) is 8.24. The molecule has 0 unspecified atom stereocenters. The summed E-state index contributed by atoms with van der Waals surface area (Å²) in [5, 5.41) is 3.96. The van der Waals surface area contributed by atoms with Gasteiger partial charge in [-0.25, -0.2) is 4.39 Å². The number of amides is 1. The summed E-state index contributed by atoms with van der Waals surface area (Å²) >= 11 is 0. The van der Waals surface area contributed by atoms with E-state index in [9.17, 15) is 9.18 Å². The molecule has 1 amide bonds. The molecule has 6 heteroatoms. The van der Waals surface area contributed by atoms with Gasteiger partial charge >= 0.3 is 0 Å². The van der Waals surface area contributed by atoms with Crippen LogP contribution in [0, 0.1) is 25.6 Å². The second-order valence-electron chi connectivity index (χ2n) is 8.24. The highest BCUT2D eigenvalue weighted by Gasteiger charge is 2.22. The van der Waals surface area contributed by atoms with Gasteiger partial charge in [-0.05, 0) is 76.2 Å². The van der Waals surface area contributed by atoms with E-state index in [2.05, 4.69) is 10.1 Å². The van der Waals surface area contributed by atoms with Gasteiger partial charge in [-0.2, -0.15) is 0 Å². The van der Waals surface area contributed by atoms with Crippen LogP contribution in [0.15, 0.2) is 28.8 Å². The van der Waals surface area contributed by atoms with Crippen molar-refractivity contribution in [1.82, 2.24) is 15.0 Å². The molecule has 0 bridgehead atoms. The zero-order chi connectivity index (χ0) is 20.8. The minimum atomic E-state index is -0.181. The average molecular weight is 402 g/mol. The topological polar surface area (TPSA) is 49.6 Å². The third-order valence-corrected chi connectivity index (χ3v) is 6.07. The summed E-state index contributed by atoms with van der Waals surface area (Å²) in [7, 11) is 1.91. The van der Waals surface area contributed by atoms with E-state index in [1.165, 1.54) is 17.7 Å². The third kappa shape index (κ3) is 6.13. The van der Waals surface area contributed by atoms with Gasteiger partial charge in [0.2, 0.25) is 5.91 Å². The zero-order valence-corrected chi connectivity index (χ0v) is 17.8. The Labute approximate surface area is 172 Å². The first-order chi connectivity index (χ1) is 13.9. The molecule has 5 nitrogen and oxygen atoms in total. The quantitative estimate of drug-likeness (QED) is 0.676. The zero-order valence-electron chi connectivity index (χ0n) is 17.8. The van der Waals surface area contributed by atoms with Crippen LogP contribution in [0.4, 0.5) is 4.39 Å². The molecule has 1 aromatic carbocycles. The van der Waals surface area contributed by atoms with Crippen molar-refractivity contribution in [2.45, 2.75) is 46.0 Å². The van der Waals surface area contributed by atoms with Crippen LogP contribution in [-0.2, 0) is 17.6 Å². The van der Waals surface area contributed by atoms with E-state index < -0.39 is 0 Å². The molecule has 0 atom stereocenters. The monoisotopic (exact) mass is 401 g/mol. The van der Waals surface area contributed by atoms with E-state index in [0.29, 0.717) is 18.8 Å². The molecule has 0 aliphatic carbocycles. The lowest BCUT2D eigenvalue weighted by Gasteiger charge is -2.34. The molecule has 1 aromatic heterocycles. The maximum absolute atomic E-state index is 13.0. The van der Waals surface area contributed by atoms with Crippen LogP contribution in [0.5, 0.6) is 0 Å². The van der Waals surface area contributed by atoms with Gasteiger partial charge in [-0.15, -0.1) is 0 Å². The molecule has 29 heavy (non-hydrogen) atoms. The maximum Gasteiger partial charge on any atom is 0.222 e. The Hall–Kier alpha value is -2.21. The molecule has 2 aromatic rings. The van der Waals surface area contributed by atoms with Crippen molar-refractivity contribution >= 4 is 5.91 Å². The molecule has 0 saturated carbocycles. The van der Waals surface area contributed by atoms with Crippen molar-refractivity contribution in [3.05, 3.63) is 52.7 Å². The van der Waals surface area contributed by atoms with Crippen LogP contribution in [0.25, 0.3) is 0 Å². The number of hydrogen-bond acceptors (Lipinski definition) is 4. The van der Waals surface area contributed by atoms with Crippen LogP contribution in [-0.4, -0.2) is 54.1 Å². The predicted molar refractivity (Wildman–Crippen MR) is 111 cm³/mol. The molecule has 3 rings (SSSR count). The molecule has 0 N–H and O–H groups in total. The Bertz CT molecular complexity index is 775. The highest BCUT2D eigenvalue weighted by molar-refractivity contribution is 5.76. The molecule has 0 spiro atoms. The lowest BCUT2D eigenvalue weighted by molar-refractivity contribution is -0.130. The van der Waals surface area contributed by atoms with Crippen molar-refractivity contribution in [1.29, 1.82) is 0 Å². The molecule has 158 valence electrons. The maximum atomic E-state index is 13.0. The normalized spacial score (nSPS) is 15.6. The summed E-state index contributed by atoms with van der Waals surface area (Å²) in [5.74, 6) is 1.37. The summed E-state index contributed by atoms with van der Waals surface area (Å²) in [5.41, 5.74) is 3.12. The van der Waals surface area contributed by atoms with Gasteiger partial charge in [0.25, 0.3) is 0 Å². The largest absolute Gasteiger partial charge is 0.361 e. The number of likely N-dealkylation sites (tertiary alicyclic amines) is 1. The number of nitrogens with zero attached hydrogens (tertiary/aromatic N) is 3. The first kappa shape index (κ1) is 21.5. The summed E-state index contributed by atoms with van der Waals surface area (Å²) in [6, 6.07) is 6.79. The highest BCUT2D eigenvalue weighted by atomic mass is 19.1. The van der Waals surface area contributed by atoms with E-state index in [1.54, 1.807) is 0 Å². The molecule has 1 aliphatic rings. The van der Waals surface area contributed by atoms with E-state index >= 15 is 0 Å². The van der Waals surface area contributed by atoms with Gasteiger partial charge in [0.05, 0.1) is 5.69 Å². The first-order valence-electron chi connectivity index (χ1n) is 10.5. The molecule has 1 aliphatic heterocycles. The number of carbonyl (C=O) groups excluding carboxylic acids is 1. The van der Waals surface area contributed by atoms with Gasteiger partial charge in [-0.3, -0.25) is 4.79 Å². The Balaban J connectivity index is 1.36. The van der Waals surface area contributed by atoms with Gasteiger partial charge in [0, 0.05) is 32.1 Å². The fraction of sp³-hybridized carbons (Fsp3) is 0.565. The van der Waals surface area contributed by atoms with Gasteiger partial charge in [-0.1, -0.05) is 17.3 Å². The summed E-state index contributed by atoms with van der Waals surface area (Å²) in [6.45, 7) is 7.77. The first-order valence-corrected chi connectivity index (χ1v) is 10.5. The van der Waals surface area contributed by atoms with Gasteiger partial charge < -0.3 is 14.3 Å². The smallest absolute Gasteiger partial charge is 0.222 e.